The number of hydrogen-bond donors (Lipinski definition) is 2. The highest BCUT2D eigenvalue weighted by molar-refractivity contribution is 7.14. The second kappa shape index (κ2) is 8.35. The highest BCUT2D eigenvalue weighted by Crippen LogP contribution is 2.37. The minimum atomic E-state index is -0.846. The van der Waals surface area contributed by atoms with Gasteiger partial charge < -0.3 is 10.6 Å². The van der Waals surface area contributed by atoms with Gasteiger partial charge in [0.15, 0.2) is 5.13 Å². The molecule has 9 heteroatoms. The predicted molar refractivity (Wildman–Crippen MR) is 116 cm³/mol. The number of hydrogen-bond acceptors (Lipinski definition) is 5. The number of thiazole rings is 1. The smallest absolute Gasteiger partial charge is 0.323 e. The molecule has 1 spiro atoms. The van der Waals surface area contributed by atoms with Crippen LogP contribution in [-0.4, -0.2) is 39.8 Å². The van der Waals surface area contributed by atoms with E-state index in [1.54, 1.807) is 11.4 Å². The lowest BCUT2D eigenvalue weighted by Crippen LogP contribution is -2.49. The molecule has 2 aliphatic rings. The molecular formula is C21H23ClN4O3S. The molecule has 1 saturated carbocycles. The summed E-state index contributed by atoms with van der Waals surface area (Å²) in [6.45, 7) is 1.81. The Kier molecular flexibility index (Phi) is 5.79. The number of carbonyl (C=O) groups excluding carboxylic acids is 3. The number of anilines is 1. The van der Waals surface area contributed by atoms with Gasteiger partial charge in [-0.05, 0) is 37.7 Å². The minimum Gasteiger partial charge on any atom is -0.323 e. The molecule has 2 aromatic rings. The summed E-state index contributed by atoms with van der Waals surface area (Å²) in [6.07, 6.45) is 4.15. The summed E-state index contributed by atoms with van der Waals surface area (Å²) < 4.78 is 0. The zero-order chi connectivity index (χ0) is 21.3. The number of nitrogens with one attached hydrogen (secondary N) is 2. The summed E-state index contributed by atoms with van der Waals surface area (Å²) in [7, 11) is 0. The Morgan fingerprint density at radius 1 is 1.33 bits per heavy atom. The summed E-state index contributed by atoms with van der Waals surface area (Å²) in [6, 6.07) is 6.82. The topological polar surface area (TPSA) is 91.4 Å². The van der Waals surface area contributed by atoms with E-state index >= 15 is 0 Å². The van der Waals surface area contributed by atoms with Crippen molar-refractivity contribution in [1.82, 2.24) is 15.2 Å². The average molecular weight is 447 g/mol. The third-order valence-corrected chi connectivity index (χ3v) is 7.07. The summed E-state index contributed by atoms with van der Waals surface area (Å²) in [4.78, 5) is 43.3. The summed E-state index contributed by atoms with van der Waals surface area (Å²) in [5.41, 5.74) is 0.582. The fraction of sp³-hybridized carbons (Fsp3) is 0.429. The monoisotopic (exact) mass is 446 g/mol. The fourth-order valence-corrected chi connectivity index (χ4v) is 5.12. The van der Waals surface area contributed by atoms with Crippen molar-refractivity contribution in [3.63, 3.8) is 0 Å². The number of halogens is 1. The first kappa shape index (κ1) is 20.8. The van der Waals surface area contributed by atoms with E-state index in [1.807, 2.05) is 18.2 Å². The van der Waals surface area contributed by atoms with E-state index < -0.39 is 17.5 Å². The maximum Gasteiger partial charge on any atom is 0.325 e. The molecule has 2 heterocycles. The standard InChI is InChI=1S/C21H23ClN4O3S/c1-2-13-7-9-21(10-8-13)18(28)26(20(29)25-21)11-17(27)24-19-23-16(12-30-19)14-5-3-4-6-15(14)22/h3-6,12-13H,2,7-11H2,1H3,(H,25,29)(H,23,24,27). The average Bonchev–Trinajstić information content (AvgIpc) is 3.28. The number of urea groups is 1. The molecule has 2 N–H and O–H groups in total. The van der Waals surface area contributed by atoms with Crippen LogP contribution < -0.4 is 10.6 Å². The largest absolute Gasteiger partial charge is 0.325 e. The van der Waals surface area contributed by atoms with Crippen LogP contribution in [0.4, 0.5) is 9.93 Å². The maximum absolute atomic E-state index is 12.9. The molecular weight excluding hydrogens is 424 g/mol. The number of aromatic nitrogens is 1. The van der Waals surface area contributed by atoms with Crippen LogP contribution in [0.5, 0.6) is 0 Å². The molecule has 4 amide bonds. The van der Waals surface area contributed by atoms with E-state index in [1.165, 1.54) is 11.3 Å². The number of nitrogens with zero attached hydrogens (tertiary/aromatic N) is 2. The summed E-state index contributed by atoms with van der Waals surface area (Å²) in [5, 5.41) is 8.28. The Balaban J connectivity index is 1.39. The number of benzene rings is 1. The molecule has 1 saturated heterocycles. The third kappa shape index (κ3) is 3.94. The van der Waals surface area contributed by atoms with Gasteiger partial charge in [0.1, 0.15) is 12.1 Å². The first-order chi connectivity index (χ1) is 14.4. The SMILES string of the molecule is CCC1CCC2(CC1)NC(=O)N(CC(=O)Nc1nc(-c3ccccc3Cl)cs1)C2=O. The van der Waals surface area contributed by atoms with Gasteiger partial charge in [-0.2, -0.15) is 0 Å². The van der Waals surface area contributed by atoms with Crippen molar-refractivity contribution >= 4 is 45.9 Å². The van der Waals surface area contributed by atoms with Crippen LogP contribution >= 0.6 is 22.9 Å². The first-order valence-electron chi connectivity index (χ1n) is 10.1. The molecule has 30 heavy (non-hydrogen) atoms. The van der Waals surface area contributed by atoms with Crippen LogP contribution in [0.1, 0.15) is 39.0 Å². The molecule has 0 unspecified atom stereocenters. The maximum atomic E-state index is 12.9. The van der Waals surface area contributed by atoms with Gasteiger partial charge in [0.25, 0.3) is 5.91 Å². The fourth-order valence-electron chi connectivity index (χ4n) is 4.16. The summed E-state index contributed by atoms with van der Waals surface area (Å²) in [5.74, 6) is -0.166. The van der Waals surface area contributed by atoms with Gasteiger partial charge in [0.05, 0.1) is 5.69 Å². The quantitative estimate of drug-likeness (QED) is 0.670. The number of rotatable bonds is 5. The number of imide groups is 1. The van der Waals surface area contributed by atoms with Crippen molar-refractivity contribution < 1.29 is 14.4 Å². The van der Waals surface area contributed by atoms with E-state index in [-0.39, 0.29) is 12.5 Å². The Bertz CT molecular complexity index is 984. The zero-order valence-corrected chi connectivity index (χ0v) is 18.2. The zero-order valence-electron chi connectivity index (χ0n) is 16.6. The van der Waals surface area contributed by atoms with Crippen LogP contribution in [0.3, 0.4) is 0 Å². The van der Waals surface area contributed by atoms with Gasteiger partial charge in [-0.25, -0.2) is 9.78 Å². The van der Waals surface area contributed by atoms with Crippen LogP contribution in [0.15, 0.2) is 29.6 Å². The lowest BCUT2D eigenvalue weighted by molar-refractivity contribution is -0.135. The van der Waals surface area contributed by atoms with E-state index in [4.69, 9.17) is 11.6 Å². The number of amides is 4. The lowest BCUT2D eigenvalue weighted by atomic mass is 9.75. The molecule has 0 radical (unpaired) electrons. The van der Waals surface area contributed by atoms with Gasteiger partial charge in [0, 0.05) is 16.0 Å². The van der Waals surface area contributed by atoms with Crippen molar-refractivity contribution in [2.75, 3.05) is 11.9 Å². The van der Waals surface area contributed by atoms with E-state index in [9.17, 15) is 14.4 Å². The molecule has 1 aliphatic carbocycles. The van der Waals surface area contributed by atoms with Gasteiger partial charge in [-0.15, -0.1) is 11.3 Å². The second-order valence-electron chi connectivity index (χ2n) is 7.82. The van der Waals surface area contributed by atoms with E-state index in [0.717, 1.165) is 29.7 Å². The predicted octanol–water partition coefficient (Wildman–Crippen LogP) is 4.29. The molecule has 1 aliphatic heterocycles. The highest BCUT2D eigenvalue weighted by atomic mass is 35.5. The molecule has 158 valence electrons. The second-order valence-corrected chi connectivity index (χ2v) is 9.09. The molecule has 1 aromatic carbocycles. The normalized spacial score (nSPS) is 23.7. The first-order valence-corrected chi connectivity index (χ1v) is 11.3. The van der Waals surface area contributed by atoms with Crippen molar-refractivity contribution in [1.29, 1.82) is 0 Å². The molecule has 0 bridgehead atoms. The third-order valence-electron chi connectivity index (χ3n) is 5.98. The van der Waals surface area contributed by atoms with E-state index in [0.29, 0.717) is 34.6 Å². The number of carbonyl (C=O) groups is 3. The van der Waals surface area contributed by atoms with Crippen LogP contribution in [0, 0.1) is 5.92 Å². The highest BCUT2D eigenvalue weighted by Gasteiger charge is 2.52. The Morgan fingerprint density at radius 3 is 2.77 bits per heavy atom. The van der Waals surface area contributed by atoms with Gasteiger partial charge >= 0.3 is 6.03 Å². The Hall–Kier alpha value is -2.45. The Labute approximate surface area is 183 Å². The molecule has 4 rings (SSSR count). The van der Waals surface area contributed by atoms with Crippen molar-refractivity contribution in [2.24, 2.45) is 5.92 Å². The van der Waals surface area contributed by atoms with Crippen LogP contribution in [0.2, 0.25) is 5.02 Å². The minimum absolute atomic E-state index is 0.298. The van der Waals surface area contributed by atoms with Crippen molar-refractivity contribution in [2.45, 2.75) is 44.6 Å². The molecule has 1 aromatic heterocycles. The summed E-state index contributed by atoms with van der Waals surface area (Å²) >= 11 is 7.46. The van der Waals surface area contributed by atoms with Crippen molar-refractivity contribution in [3.8, 4) is 11.3 Å². The van der Waals surface area contributed by atoms with Gasteiger partial charge in [-0.1, -0.05) is 43.1 Å². The van der Waals surface area contributed by atoms with Crippen LogP contribution in [0.25, 0.3) is 11.3 Å². The van der Waals surface area contributed by atoms with E-state index in [2.05, 4.69) is 22.5 Å². The molecule has 7 nitrogen and oxygen atoms in total. The van der Waals surface area contributed by atoms with Gasteiger partial charge in [0.2, 0.25) is 5.91 Å². The molecule has 2 fully saturated rings. The lowest BCUT2D eigenvalue weighted by Gasteiger charge is -2.34. The van der Waals surface area contributed by atoms with Crippen LogP contribution in [-0.2, 0) is 9.59 Å². The van der Waals surface area contributed by atoms with Gasteiger partial charge in [-0.3, -0.25) is 14.5 Å². The Morgan fingerprint density at radius 2 is 2.07 bits per heavy atom. The van der Waals surface area contributed by atoms with Crippen molar-refractivity contribution in [3.05, 3.63) is 34.7 Å². The molecule has 0 atom stereocenters.